The highest BCUT2D eigenvalue weighted by molar-refractivity contribution is 5.98. The highest BCUT2D eigenvalue weighted by Crippen LogP contribution is 2.64. The number of rotatable bonds is 2. The van der Waals surface area contributed by atoms with Gasteiger partial charge in [-0.25, -0.2) is 0 Å². The second kappa shape index (κ2) is 6.45. The minimum Gasteiger partial charge on any atom is -0.355 e. The van der Waals surface area contributed by atoms with Crippen LogP contribution in [0.1, 0.15) is 22.3 Å². The van der Waals surface area contributed by atoms with E-state index in [4.69, 9.17) is 0 Å². The van der Waals surface area contributed by atoms with E-state index in [0.29, 0.717) is 0 Å². The fraction of sp³-hybridized carbons (Fsp3) is 0.0323. The maximum Gasteiger partial charge on any atom is 0.0745 e. The number of hydrogen-bond acceptors (Lipinski definition) is 1. The molecule has 0 heterocycles. The lowest BCUT2D eigenvalue weighted by molar-refractivity contribution is 0.796. The summed E-state index contributed by atoms with van der Waals surface area (Å²) in [6.07, 6.45) is 0. The molecule has 0 bridgehead atoms. The van der Waals surface area contributed by atoms with E-state index in [1.165, 1.54) is 44.5 Å². The van der Waals surface area contributed by atoms with Crippen LogP contribution >= 0.6 is 0 Å². The van der Waals surface area contributed by atoms with Gasteiger partial charge in [-0.1, -0.05) is 103 Å². The standard InChI is InChI=1S/C31H21N/c1-2-11-21(12-3-1)32-29-20-10-16-25-24-15-6-9-19-28(24)31(30(25)29)26-17-7-4-13-22(26)23-14-5-8-18-27(23)31/h1-20,32H. The molecule has 0 atom stereocenters. The molecule has 1 heteroatoms. The van der Waals surface area contributed by atoms with Crippen molar-refractivity contribution >= 4 is 11.4 Å². The molecular formula is C31H21N. The van der Waals surface area contributed by atoms with Crippen molar-refractivity contribution in [3.05, 3.63) is 144 Å². The van der Waals surface area contributed by atoms with Crippen LogP contribution in [0.3, 0.4) is 0 Å². The lowest BCUT2D eigenvalue weighted by atomic mass is 9.70. The Morgan fingerprint density at radius 3 is 1.47 bits per heavy atom. The highest BCUT2D eigenvalue weighted by atomic mass is 14.9. The predicted molar refractivity (Wildman–Crippen MR) is 132 cm³/mol. The van der Waals surface area contributed by atoms with Gasteiger partial charge < -0.3 is 5.32 Å². The summed E-state index contributed by atoms with van der Waals surface area (Å²) in [5.74, 6) is 0. The molecule has 2 aliphatic rings. The Morgan fingerprint density at radius 2 is 0.875 bits per heavy atom. The molecule has 0 saturated carbocycles. The Bertz CT molecular complexity index is 1430. The number of anilines is 2. The van der Waals surface area contributed by atoms with Crippen LogP contribution in [0.2, 0.25) is 0 Å². The van der Waals surface area contributed by atoms with E-state index >= 15 is 0 Å². The fourth-order valence-electron chi connectivity index (χ4n) is 5.94. The van der Waals surface area contributed by atoms with E-state index < -0.39 is 0 Å². The number of fused-ring (bicyclic) bond motifs is 10. The first kappa shape index (κ1) is 17.6. The molecule has 0 aliphatic heterocycles. The third kappa shape index (κ3) is 2.13. The molecular weight excluding hydrogens is 386 g/mol. The molecule has 0 saturated heterocycles. The van der Waals surface area contributed by atoms with Gasteiger partial charge in [0, 0.05) is 16.9 Å². The summed E-state index contributed by atoms with van der Waals surface area (Å²) < 4.78 is 0. The van der Waals surface area contributed by atoms with E-state index in [1.807, 2.05) is 0 Å². The van der Waals surface area contributed by atoms with Crippen LogP contribution in [-0.4, -0.2) is 0 Å². The molecule has 1 N–H and O–H groups in total. The third-order valence-electron chi connectivity index (χ3n) is 7.07. The van der Waals surface area contributed by atoms with Gasteiger partial charge in [0.1, 0.15) is 0 Å². The average molecular weight is 408 g/mol. The normalized spacial score (nSPS) is 13.9. The highest BCUT2D eigenvalue weighted by Gasteiger charge is 2.52. The summed E-state index contributed by atoms with van der Waals surface area (Å²) >= 11 is 0. The summed E-state index contributed by atoms with van der Waals surface area (Å²) in [6, 6.07) is 44.0. The van der Waals surface area contributed by atoms with E-state index in [9.17, 15) is 0 Å². The maximum absolute atomic E-state index is 3.75. The van der Waals surface area contributed by atoms with Gasteiger partial charge in [0.25, 0.3) is 0 Å². The molecule has 150 valence electrons. The van der Waals surface area contributed by atoms with Gasteiger partial charge in [-0.15, -0.1) is 0 Å². The van der Waals surface area contributed by atoms with Crippen LogP contribution in [0.4, 0.5) is 11.4 Å². The van der Waals surface area contributed by atoms with Gasteiger partial charge >= 0.3 is 0 Å². The van der Waals surface area contributed by atoms with Crippen molar-refractivity contribution in [1.82, 2.24) is 0 Å². The van der Waals surface area contributed by atoms with E-state index in [2.05, 4.69) is 127 Å². The number of para-hydroxylation sites is 1. The minimum absolute atomic E-state index is 0.322. The van der Waals surface area contributed by atoms with Gasteiger partial charge in [0.15, 0.2) is 0 Å². The first-order valence-electron chi connectivity index (χ1n) is 11.1. The van der Waals surface area contributed by atoms with Gasteiger partial charge in [-0.2, -0.15) is 0 Å². The van der Waals surface area contributed by atoms with Gasteiger partial charge in [-0.05, 0) is 57.1 Å². The Hall–Kier alpha value is -4.10. The van der Waals surface area contributed by atoms with Crippen LogP contribution in [0.15, 0.2) is 121 Å². The van der Waals surface area contributed by atoms with Crippen LogP contribution in [0.25, 0.3) is 22.3 Å². The zero-order valence-corrected chi connectivity index (χ0v) is 17.5. The molecule has 0 unspecified atom stereocenters. The van der Waals surface area contributed by atoms with Gasteiger partial charge in [0.2, 0.25) is 0 Å². The molecule has 2 aliphatic carbocycles. The Morgan fingerprint density at radius 1 is 0.406 bits per heavy atom. The molecule has 1 nitrogen and oxygen atoms in total. The smallest absolute Gasteiger partial charge is 0.0745 e. The van der Waals surface area contributed by atoms with Crippen molar-refractivity contribution in [2.75, 3.05) is 5.32 Å². The van der Waals surface area contributed by atoms with Crippen molar-refractivity contribution in [2.24, 2.45) is 0 Å². The van der Waals surface area contributed by atoms with Crippen LogP contribution in [0.5, 0.6) is 0 Å². The van der Waals surface area contributed by atoms with Crippen LogP contribution < -0.4 is 5.32 Å². The molecule has 5 aromatic carbocycles. The minimum atomic E-state index is -0.322. The Labute approximate surface area is 188 Å². The van der Waals surface area contributed by atoms with Gasteiger partial charge in [-0.3, -0.25) is 0 Å². The zero-order chi connectivity index (χ0) is 21.1. The monoisotopic (exact) mass is 407 g/mol. The quantitative estimate of drug-likeness (QED) is 0.309. The fourth-order valence-corrected chi connectivity index (χ4v) is 5.94. The molecule has 32 heavy (non-hydrogen) atoms. The Balaban J connectivity index is 1.63. The van der Waals surface area contributed by atoms with E-state index in [0.717, 1.165) is 11.4 Å². The molecule has 0 radical (unpaired) electrons. The van der Waals surface area contributed by atoms with E-state index in [1.54, 1.807) is 0 Å². The summed E-state index contributed by atoms with van der Waals surface area (Å²) in [4.78, 5) is 0. The average Bonchev–Trinajstić information content (AvgIpc) is 3.33. The molecule has 0 fully saturated rings. The SMILES string of the molecule is c1ccc(Nc2cccc3c2C2(c4ccccc4-c4ccccc42)c2ccccc2-3)cc1. The topological polar surface area (TPSA) is 12.0 Å². The largest absolute Gasteiger partial charge is 0.355 e. The van der Waals surface area contributed by atoms with E-state index in [-0.39, 0.29) is 5.41 Å². The molecule has 5 aromatic rings. The number of hydrogen-bond donors (Lipinski definition) is 1. The number of nitrogens with one attached hydrogen (secondary N) is 1. The van der Waals surface area contributed by atoms with Crippen LogP contribution in [0, 0.1) is 0 Å². The molecule has 7 rings (SSSR count). The summed E-state index contributed by atoms with van der Waals surface area (Å²) in [6.45, 7) is 0. The van der Waals surface area contributed by atoms with Crippen molar-refractivity contribution in [3.8, 4) is 22.3 Å². The third-order valence-corrected chi connectivity index (χ3v) is 7.07. The first-order valence-corrected chi connectivity index (χ1v) is 11.1. The molecule has 0 amide bonds. The van der Waals surface area contributed by atoms with Gasteiger partial charge in [0.05, 0.1) is 5.41 Å². The summed E-state index contributed by atoms with van der Waals surface area (Å²) in [5, 5.41) is 3.75. The summed E-state index contributed by atoms with van der Waals surface area (Å²) in [5.41, 5.74) is 12.7. The van der Waals surface area contributed by atoms with Crippen molar-refractivity contribution in [2.45, 2.75) is 5.41 Å². The van der Waals surface area contributed by atoms with Crippen LogP contribution in [-0.2, 0) is 5.41 Å². The predicted octanol–water partition coefficient (Wildman–Crippen LogP) is 7.77. The maximum atomic E-state index is 3.75. The summed E-state index contributed by atoms with van der Waals surface area (Å²) in [7, 11) is 0. The first-order chi connectivity index (χ1) is 15.9. The second-order valence-corrected chi connectivity index (χ2v) is 8.61. The zero-order valence-electron chi connectivity index (χ0n) is 17.5. The van der Waals surface area contributed by atoms with Crippen molar-refractivity contribution in [1.29, 1.82) is 0 Å². The number of benzene rings is 5. The molecule has 1 spiro atoms. The Kier molecular flexibility index (Phi) is 3.54. The lowest BCUT2D eigenvalue weighted by Gasteiger charge is -2.32. The second-order valence-electron chi connectivity index (χ2n) is 8.61. The van der Waals surface area contributed by atoms with Crippen molar-refractivity contribution in [3.63, 3.8) is 0 Å². The lowest BCUT2D eigenvalue weighted by Crippen LogP contribution is -2.26. The van der Waals surface area contributed by atoms with Crippen molar-refractivity contribution < 1.29 is 0 Å². The molecule has 0 aromatic heterocycles.